The molecular formula is C25H29N3O3. The largest absolute Gasteiger partial charge is 0.444 e. The highest BCUT2D eigenvalue weighted by Crippen LogP contribution is 2.29. The van der Waals surface area contributed by atoms with Crippen molar-refractivity contribution in [3.8, 4) is 17.2 Å². The first-order valence-electron chi connectivity index (χ1n) is 10.6. The third-order valence-corrected chi connectivity index (χ3v) is 5.33. The van der Waals surface area contributed by atoms with E-state index in [2.05, 4.69) is 11.4 Å². The summed E-state index contributed by atoms with van der Waals surface area (Å²) in [7, 11) is 0. The molecule has 6 heteroatoms. The highest BCUT2D eigenvalue weighted by molar-refractivity contribution is 6.01. The average Bonchev–Trinajstić information content (AvgIpc) is 2.76. The number of carbonyl (C=O) groups is 2. The van der Waals surface area contributed by atoms with E-state index < -0.39 is 11.7 Å². The van der Waals surface area contributed by atoms with Crippen LogP contribution in [0.3, 0.4) is 0 Å². The molecule has 0 unspecified atom stereocenters. The number of rotatable bonds is 4. The number of benzene rings is 2. The molecule has 0 saturated carbocycles. The summed E-state index contributed by atoms with van der Waals surface area (Å²) in [5.74, 6) is 0.285. The Bertz CT molecular complexity index is 980. The molecule has 1 aliphatic rings. The monoisotopic (exact) mass is 419 g/mol. The molecule has 0 radical (unpaired) electrons. The van der Waals surface area contributed by atoms with Crippen molar-refractivity contribution in [2.45, 2.75) is 39.2 Å². The number of carbonyl (C=O) groups excluding carboxylic acids is 2. The van der Waals surface area contributed by atoms with Crippen LogP contribution in [-0.2, 0) is 4.74 Å². The Morgan fingerprint density at radius 1 is 1.06 bits per heavy atom. The molecule has 1 fully saturated rings. The summed E-state index contributed by atoms with van der Waals surface area (Å²) in [4.78, 5) is 27.0. The number of nitrogens with zero attached hydrogens (tertiary/aromatic N) is 2. The number of piperidine rings is 1. The van der Waals surface area contributed by atoms with Crippen LogP contribution in [0.4, 0.5) is 4.79 Å². The minimum Gasteiger partial charge on any atom is -0.444 e. The van der Waals surface area contributed by atoms with Crippen LogP contribution in [0.25, 0.3) is 11.1 Å². The fourth-order valence-electron chi connectivity index (χ4n) is 3.77. The molecule has 31 heavy (non-hydrogen) atoms. The quantitative estimate of drug-likeness (QED) is 0.785. The van der Waals surface area contributed by atoms with Crippen LogP contribution in [0.5, 0.6) is 0 Å². The van der Waals surface area contributed by atoms with E-state index in [0.29, 0.717) is 36.7 Å². The summed E-state index contributed by atoms with van der Waals surface area (Å²) in [6, 6.07) is 17.0. The summed E-state index contributed by atoms with van der Waals surface area (Å²) < 4.78 is 5.28. The molecule has 1 saturated heterocycles. The van der Waals surface area contributed by atoms with Gasteiger partial charge in [0.2, 0.25) is 0 Å². The van der Waals surface area contributed by atoms with Gasteiger partial charge in [-0.05, 0) is 57.2 Å². The van der Waals surface area contributed by atoms with Crippen molar-refractivity contribution in [1.29, 1.82) is 5.26 Å². The summed E-state index contributed by atoms with van der Waals surface area (Å²) >= 11 is 0. The number of hydrogen-bond donors (Lipinski definition) is 1. The van der Waals surface area contributed by atoms with Gasteiger partial charge in [0.25, 0.3) is 5.91 Å². The third-order valence-electron chi connectivity index (χ3n) is 5.33. The minimum absolute atomic E-state index is 0.0260. The Morgan fingerprint density at radius 3 is 2.32 bits per heavy atom. The van der Waals surface area contributed by atoms with E-state index in [-0.39, 0.29) is 5.91 Å². The van der Waals surface area contributed by atoms with Crippen LogP contribution in [0, 0.1) is 17.2 Å². The van der Waals surface area contributed by atoms with Crippen molar-refractivity contribution in [3.05, 3.63) is 59.7 Å². The Labute approximate surface area is 183 Å². The summed E-state index contributed by atoms with van der Waals surface area (Å²) in [5.41, 5.74) is 2.19. The van der Waals surface area contributed by atoms with Gasteiger partial charge in [-0.2, -0.15) is 5.26 Å². The second kappa shape index (κ2) is 9.65. The lowest BCUT2D eigenvalue weighted by molar-refractivity contribution is 0.0500. The molecule has 6 nitrogen and oxygen atoms in total. The van der Waals surface area contributed by atoms with Gasteiger partial charge >= 0.3 is 6.09 Å². The zero-order valence-corrected chi connectivity index (χ0v) is 18.4. The zero-order chi connectivity index (χ0) is 22.4. The second-order valence-electron chi connectivity index (χ2n) is 8.82. The lowest BCUT2D eigenvalue weighted by Gasteiger charge is -2.32. The molecule has 2 aromatic rings. The van der Waals surface area contributed by atoms with Gasteiger partial charge in [0.1, 0.15) is 5.60 Å². The van der Waals surface area contributed by atoms with E-state index in [9.17, 15) is 14.9 Å². The van der Waals surface area contributed by atoms with E-state index >= 15 is 0 Å². The molecule has 0 aromatic heterocycles. The molecule has 2 aromatic carbocycles. The molecule has 1 aliphatic heterocycles. The van der Waals surface area contributed by atoms with Crippen LogP contribution in [-0.4, -0.2) is 42.1 Å². The lowest BCUT2D eigenvalue weighted by atomic mass is 9.93. The van der Waals surface area contributed by atoms with Crippen molar-refractivity contribution in [2.24, 2.45) is 5.92 Å². The van der Waals surface area contributed by atoms with Crippen LogP contribution in [0.2, 0.25) is 0 Å². The maximum atomic E-state index is 13.3. The van der Waals surface area contributed by atoms with Crippen molar-refractivity contribution >= 4 is 12.0 Å². The van der Waals surface area contributed by atoms with Crippen molar-refractivity contribution in [2.75, 3.05) is 19.6 Å². The maximum absolute atomic E-state index is 13.3. The van der Waals surface area contributed by atoms with Gasteiger partial charge in [-0.25, -0.2) is 4.79 Å². The Morgan fingerprint density at radius 2 is 1.68 bits per heavy atom. The van der Waals surface area contributed by atoms with Crippen molar-refractivity contribution in [1.82, 2.24) is 10.2 Å². The number of ether oxygens (including phenoxy) is 1. The van der Waals surface area contributed by atoms with Crippen LogP contribution >= 0.6 is 0 Å². The predicted molar refractivity (Wildman–Crippen MR) is 119 cm³/mol. The van der Waals surface area contributed by atoms with Gasteiger partial charge in [-0.3, -0.25) is 4.79 Å². The van der Waals surface area contributed by atoms with Crippen molar-refractivity contribution in [3.63, 3.8) is 0 Å². The Balaban J connectivity index is 1.63. The molecule has 0 spiro atoms. The molecule has 2 amide bonds. The average molecular weight is 420 g/mol. The molecule has 0 bridgehead atoms. The highest BCUT2D eigenvalue weighted by Gasteiger charge is 2.26. The Hall–Kier alpha value is -3.33. The number of hydrogen-bond acceptors (Lipinski definition) is 4. The lowest BCUT2D eigenvalue weighted by Crippen LogP contribution is -2.42. The summed E-state index contributed by atoms with van der Waals surface area (Å²) in [6.45, 7) is 7.32. The maximum Gasteiger partial charge on any atom is 0.407 e. The summed E-state index contributed by atoms with van der Waals surface area (Å²) in [6.07, 6.45) is 1.23. The molecule has 0 atom stereocenters. The van der Waals surface area contributed by atoms with Crippen molar-refractivity contribution < 1.29 is 14.3 Å². The molecular weight excluding hydrogens is 390 g/mol. The van der Waals surface area contributed by atoms with E-state index in [1.54, 1.807) is 6.07 Å². The fraction of sp³-hybridized carbons (Fsp3) is 0.400. The predicted octanol–water partition coefficient (Wildman–Crippen LogP) is 4.60. The van der Waals surface area contributed by atoms with Gasteiger partial charge < -0.3 is 15.0 Å². The highest BCUT2D eigenvalue weighted by atomic mass is 16.6. The molecule has 1 heterocycles. The molecule has 3 rings (SSSR count). The fourth-order valence-corrected chi connectivity index (χ4v) is 3.77. The third kappa shape index (κ3) is 5.85. The number of likely N-dealkylation sites (tertiary alicyclic amines) is 1. The SMILES string of the molecule is CC(C)(C)OC(=O)NCC1CCN(C(=O)c2ccccc2-c2ccccc2C#N)CC1. The van der Waals surface area contributed by atoms with Crippen LogP contribution < -0.4 is 5.32 Å². The second-order valence-corrected chi connectivity index (χ2v) is 8.82. The van der Waals surface area contributed by atoms with E-state index in [1.807, 2.05) is 68.1 Å². The summed E-state index contributed by atoms with van der Waals surface area (Å²) in [5, 5.41) is 12.3. The molecule has 162 valence electrons. The van der Waals surface area contributed by atoms with E-state index in [1.165, 1.54) is 0 Å². The van der Waals surface area contributed by atoms with Gasteiger partial charge in [0, 0.05) is 30.8 Å². The number of nitriles is 1. The van der Waals surface area contributed by atoms with Gasteiger partial charge in [-0.1, -0.05) is 36.4 Å². The van der Waals surface area contributed by atoms with E-state index in [0.717, 1.165) is 24.0 Å². The molecule has 1 N–H and O–H groups in total. The first-order chi connectivity index (χ1) is 14.8. The smallest absolute Gasteiger partial charge is 0.407 e. The van der Waals surface area contributed by atoms with Gasteiger partial charge in [0.15, 0.2) is 0 Å². The minimum atomic E-state index is -0.516. The zero-order valence-electron chi connectivity index (χ0n) is 18.4. The van der Waals surface area contributed by atoms with Crippen LogP contribution in [0.1, 0.15) is 49.5 Å². The first kappa shape index (κ1) is 22.4. The Kier molecular flexibility index (Phi) is 6.96. The van der Waals surface area contributed by atoms with E-state index in [4.69, 9.17) is 4.74 Å². The number of alkyl carbamates (subject to hydrolysis) is 1. The topological polar surface area (TPSA) is 82.4 Å². The number of nitrogens with one attached hydrogen (secondary N) is 1. The standard InChI is InChI=1S/C25H29N3O3/c1-25(2,3)31-24(30)27-17-18-12-14-28(15-13-18)23(29)22-11-7-6-10-21(22)20-9-5-4-8-19(20)16-26/h4-11,18H,12-15,17H2,1-3H3,(H,27,30). The molecule has 0 aliphatic carbocycles. The normalized spacial score (nSPS) is 14.6. The van der Waals surface area contributed by atoms with Gasteiger partial charge in [-0.15, -0.1) is 0 Å². The first-order valence-corrected chi connectivity index (χ1v) is 10.6. The van der Waals surface area contributed by atoms with Crippen LogP contribution in [0.15, 0.2) is 48.5 Å². The van der Waals surface area contributed by atoms with Gasteiger partial charge in [0.05, 0.1) is 11.6 Å². The number of amides is 2.